The van der Waals surface area contributed by atoms with Crippen molar-refractivity contribution < 1.29 is 32.2 Å². The third kappa shape index (κ3) is 8.91. The minimum Gasteiger partial charge on any atom is -0.497 e. The van der Waals surface area contributed by atoms with Crippen LogP contribution in [-0.4, -0.2) is 65.6 Å². The highest BCUT2D eigenvalue weighted by Crippen LogP contribution is 2.33. The Morgan fingerprint density at radius 2 is 1.47 bits per heavy atom. The van der Waals surface area contributed by atoms with Gasteiger partial charge >= 0.3 is 0 Å². The monoisotopic (exact) mass is 639 g/mol. The molecule has 11 heteroatoms. The Morgan fingerprint density at radius 3 is 2.00 bits per heavy atom. The van der Waals surface area contributed by atoms with E-state index in [1.54, 1.807) is 31.4 Å². The summed E-state index contributed by atoms with van der Waals surface area (Å²) < 4.78 is 45.7. The molecule has 244 valence electrons. The molecule has 0 saturated heterocycles. The molecule has 10 nitrogen and oxygen atoms in total. The molecule has 45 heavy (non-hydrogen) atoms. The molecule has 0 aliphatic rings. The number of sulfonamides is 1. The Hall–Kier alpha value is -4.25. The number of carbonyl (C=O) groups excluding carboxylic acids is 2. The van der Waals surface area contributed by atoms with Crippen LogP contribution in [0.25, 0.3) is 0 Å². The van der Waals surface area contributed by atoms with Crippen molar-refractivity contribution in [2.24, 2.45) is 5.92 Å². The van der Waals surface area contributed by atoms with Gasteiger partial charge in [-0.2, -0.15) is 0 Å². The van der Waals surface area contributed by atoms with Crippen molar-refractivity contribution in [2.75, 3.05) is 38.7 Å². The number of amides is 2. The molecule has 0 aromatic heterocycles. The maximum absolute atomic E-state index is 14.3. The van der Waals surface area contributed by atoms with E-state index in [0.717, 1.165) is 21.0 Å². The Morgan fingerprint density at radius 1 is 0.844 bits per heavy atom. The average molecular weight is 640 g/mol. The quantitative estimate of drug-likeness (QED) is 0.246. The highest BCUT2D eigenvalue weighted by molar-refractivity contribution is 7.92. The van der Waals surface area contributed by atoms with Crippen molar-refractivity contribution in [3.05, 3.63) is 77.4 Å². The Bertz CT molecular complexity index is 1550. The van der Waals surface area contributed by atoms with Crippen LogP contribution in [0.2, 0.25) is 0 Å². The van der Waals surface area contributed by atoms with Crippen molar-refractivity contribution >= 4 is 27.5 Å². The van der Waals surface area contributed by atoms with E-state index >= 15 is 0 Å². The molecule has 0 radical (unpaired) electrons. The SMILES string of the molecule is CC[C@H](C(=O)NCC(C)C)N(Cc1ccc(OC)cc1)C(=O)CN(c1cc(C)cc(C)c1)S(=O)(=O)c1ccc(OC)c(OC)c1. The number of ether oxygens (including phenoxy) is 3. The van der Waals surface area contributed by atoms with Crippen LogP contribution in [0.15, 0.2) is 65.6 Å². The van der Waals surface area contributed by atoms with Crippen molar-refractivity contribution in [1.82, 2.24) is 10.2 Å². The van der Waals surface area contributed by atoms with Gasteiger partial charge in [-0.25, -0.2) is 8.42 Å². The van der Waals surface area contributed by atoms with Crippen LogP contribution in [-0.2, 0) is 26.2 Å². The molecule has 3 rings (SSSR count). The van der Waals surface area contributed by atoms with Gasteiger partial charge in [0.1, 0.15) is 18.3 Å². The smallest absolute Gasteiger partial charge is 0.264 e. The van der Waals surface area contributed by atoms with Crippen molar-refractivity contribution in [3.63, 3.8) is 0 Å². The Balaban J connectivity index is 2.12. The number of hydrogen-bond donors (Lipinski definition) is 1. The number of benzene rings is 3. The van der Waals surface area contributed by atoms with E-state index in [9.17, 15) is 18.0 Å². The number of rotatable bonds is 15. The molecule has 1 N–H and O–H groups in total. The molecular weight excluding hydrogens is 594 g/mol. The van der Waals surface area contributed by atoms with Gasteiger partial charge < -0.3 is 24.4 Å². The standard InChI is InChI=1S/C34H45N3O7S/c1-9-30(34(39)35-20-23(2)3)36(21-26-10-12-28(42-6)13-11-26)33(38)22-37(27-17-24(4)16-25(5)18-27)45(40,41)29-14-15-31(43-7)32(19-29)44-8/h10-19,23,30H,9,20-22H2,1-8H3,(H,35,39)/t30-/m1/s1. The zero-order valence-electron chi connectivity index (χ0n) is 27.4. The summed E-state index contributed by atoms with van der Waals surface area (Å²) in [6.45, 7) is 9.53. The van der Waals surface area contributed by atoms with E-state index in [0.29, 0.717) is 30.2 Å². The number of nitrogens with zero attached hydrogens (tertiary/aromatic N) is 2. The first-order chi connectivity index (χ1) is 21.3. The minimum atomic E-state index is -4.30. The maximum atomic E-state index is 14.3. The summed E-state index contributed by atoms with van der Waals surface area (Å²) in [5.74, 6) is 0.646. The fourth-order valence-corrected chi connectivity index (χ4v) is 6.41. The molecule has 0 fully saturated rings. The summed E-state index contributed by atoms with van der Waals surface area (Å²) in [6.07, 6.45) is 0.331. The molecule has 0 unspecified atom stereocenters. The van der Waals surface area contributed by atoms with Gasteiger partial charge in [-0.1, -0.05) is 39.0 Å². The molecule has 3 aromatic carbocycles. The van der Waals surface area contributed by atoms with Gasteiger partial charge in [0.05, 0.1) is 31.9 Å². The predicted octanol–water partition coefficient (Wildman–Crippen LogP) is 5.10. The summed E-state index contributed by atoms with van der Waals surface area (Å²) in [5, 5.41) is 2.94. The number of hydrogen-bond acceptors (Lipinski definition) is 7. The number of aryl methyl sites for hydroxylation is 2. The van der Waals surface area contributed by atoms with Gasteiger partial charge in [0.15, 0.2) is 11.5 Å². The van der Waals surface area contributed by atoms with Crippen LogP contribution in [0.3, 0.4) is 0 Å². The number of anilines is 1. The van der Waals surface area contributed by atoms with Gasteiger partial charge in [0, 0.05) is 19.2 Å². The van der Waals surface area contributed by atoms with E-state index in [4.69, 9.17) is 14.2 Å². The van der Waals surface area contributed by atoms with Crippen molar-refractivity contribution in [2.45, 2.75) is 58.5 Å². The van der Waals surface area contributed by atoms with Crippen LogP contribution in [0.5, 0.6) is 17.2 Å². The van der Waals surface area contributed by atoms with E-state index in [1.165, 1.54) is 37.3 Å². The lowest BCUT2D eigenvalue weighted by molar-refractivity contribution is -0.140. The van der Waals surface area contributed by atoms with E-state index in [-0.39, 0.29) is 29.0 Å². The van der Waals surface area contributed by atoms with Gasteiger partial charge in [-0.3, -0.25) is 13.9 Å². The largest absolute Gasteiger partial charge is 0.497 e. The van der Waals surface area contributed by atoms with Crippen LogP contribution in [0, 0.1) is 19.8 Å². The molecule has 0 saturated carbocycles. The lowest BCUT2D eigenvalue weighted by Gasteiger charge is -2.33. The van der Waals surface area contributed by atoms with Gasteiger partial charge in [0.25, 0.3) is 10.0 Å². The van der Waals surface area contributed by atoms with Crippen molar-refractivity contribution in [1.29, 1.82) is 0 Å². The minimum absolute atomic E-state index is 0.0736. The van der Waals surface area contributed by atoms with Gasteiger partial charge in [-0.15, -0.1) is 0 Å². The van der Waals surface area contributed by atoms with E-state index < -0.39 is 28.5 Å². The first kappa shape index (κ1) is 35.2. The molecule has 0 aliphatic carbocycles. The fourth-order valence-electron chi connectivity index (χ4n) is 5.00. The summed E-state index contributed by atoms with van der Waals surface area (Å²) in [7, 11) is 0.156. The predicted molar refractivity (Wildman–Crippen MR) is 175 cm³/mol. The Kier molecular flexibility index (Phi) is 12.3. The van der Waals surface area contributed by atoms with Crippen molar-refractivity contribution in [3.8, 4) is 17.2 Å². The molecule has 0 aliphatic heterocycles. The zero-order chi connectivity index (χ0) is 33.3. The van der Waals surface area contributed by atoms with E-state index in [2.05, 4.69) is 5.32 Å². The number of methoxy groups -OCH3 is 3. The summed E-state index contributed by atoms with van der Waals surface area (Å²) in [4.78, 5) is 29.1. The van der Waals surface area contributed by atoms with Crippen LogP contribution < -0.4 is 23.8 Å². The van der Waals surface area contributed by atoms with Crippen LogP contribution in [0.1, 0.15) is 43.9 Å². The number of carbonyl (C=O) groups is 2. The molecule has 0 bridgehead atoms. The normalized spacial score (nSPS) is 11.9. The number of nitrogens with one attached hydrogen (secondary N) is 1. The lowest BCUT2D eigenvalue weighted by atomic mass is 10.1. The topological polar surface area (TPSA) is 114 Å². The highest BCUT2D eigenvalue weighted by Gasteiger charge is 2.34. The van der Waals surface area contributed by atoms with Crippen LogP contribution in [0.4, 0.5) is 5.69 Å². The molecule has 2 amide bonds. The third-order valence-electron chi connectivity index (χ3n) is 7.30. The highest BCUT2D eigenvalue weighted by atomic mass is 32.2. The first-order valence-corrected chi connectivity index (χ1v) is 16.3. The first-order valence-electron chi connectivity index (χ1n) is 14.9. The van der Waals surface area contributed by atoms with Crippen LogP contribution >= 0.6 is 0 Å². The Labute approximate surface area is 267 Å². The molecule has 0 spiro atoms. The third-order valence-corrected chi connectivity index (χ3v) is 9.07. The summed E-state index contributed by atoms with van der Waals surface area (Å²) in [5.41, 5.74) is 2.76. The maximum Gasteiger partial charge on any atom is 0.264 e. The zero-order valence-corrected chi connectivity index (χ0v) is 28.2. The molecular formula is C34H45N3O7S. The van der Waals surface area contributed by atoms with Gasteiger partial charge in [-0.05, 0) is 79.3 Å². The summed E-state index contributed by atoms with van der Waals surface area (Å²) in [6, 6.07) is 16.0. The summed E-state index contributed by atoms with van der Waals surface area (Å²) >= 11 is 0. The lowest BCUT2D eigenvalue weighted by Crippen LogP contribution is -2.52. The fraction of sp³-hybridized carbons (Fsp3) is 0.412. The average Bonchev–Trinajstić information content (AvgIpc) is 3.01. The second kappa shape index (κ2) is 15.7. The second-order valence-electron chi connectivity index (χ2n) is 11.3. The van der Waals surface area contributed by atoms with Gasteiger partial charge in [0.2, 0.25) is 11.8 Å². The second-order valence-corrected chi connectivity index (χ2v) is 13.2. The molecule has 0 heterocycles. The molecule has 1 atom stereocenters. The van der Waals surface area contributed by atoms with E-state index in [1.807, 2.05) is 52.8 Å². The molecule has 3 aromatic rings.